The molecule has 1 heterocycles. The van der Waals surface area contributed by atoms with Gasteiger partial charge in [-0.2, -0.15) is 0 Å². The van der Waals surface area contributed by atoms with E-state index in [2.05, 4.69) is 84.6 Å². The minimum atomic E-state index is 0.126. The molecule has 0 aliphatic rings. The van der Waals surface area contributed by atoms with Crippen molar-refractivity contribution in [3.05, 3.63) is 46.5 Å². The Balaban J connectivity index is 2.54. The largest absolute Gasteiger partial charge is 0.354 e. The minimum absolute atomic E-state index is 0.126. The third-order valence-corrected chi connectivity index (χ3v) is 4.87. The summed E-state index contributed by atoms with van der Waals surface area (Å²) in [6.45, 7) is 18.3. The second-order valence-electron chi connectivity index (χ2n) is 8.99. The molecule has 0 fully saturated rings. The molecule has 1 nitrogen and oxygen atoms in total. The monoisotopic (exact) mass is 307 g/mol. The van der Waals surface area contributed by atoms with E-state index in [0.29, 0.717) is 0 Å². The van der Waals surface area contributed by atoms with E-state index in [4.69, 9.17) is 0 Å². The number of hydrogen-bond acceptors (Lipinski definition) is 0. The highest BCUT2D eigenvalue weighted by Crippen LogP contribution is 2.40. The molecule has 1 aromatic heterocycles. The van der Waals surface area contributed by atoms with Crippen molar-refractivity contribution in [2.75, 3.05) is 0 Å². The third kappa shape index (κ3) is 2.47. The average Bonchev–Trinajstić information content (AvgIpc) is 2.72. The Labute approximate surface area is 140 Å². The zero-order valence-corrected chi connectivity index (χ0v) is 15.8. The van der Waals surface area contributed by atoms with Gasteiger partial charge in [-0.05, 0) is 46.9 Å². The van der Waals surface area contributed by atoms with E-state index in [0.717, 1.165) is 0 Å². The number of rotatable bonds is 0. The Hall–Kier alpha value is -1.76. The molecule has 0 aliphatic carbocycles. The van der Waals surface area contributed by atoms with Crippen LogP contribution >= 0.6 is 0 Å². The molecule has 0 aliphatic heterocycles. The fourth-order valence-corrected chi connectivity index (χ4v) is 4.18. The molecule has 1 N–H and O–H groups in total. The lowest BCUT2D eigenvalue weighted by atomic mass is 9.82. The lowest BCUT2D eigenvalue weighted by Crippen LogP contribution is -2.14. The van der Waals surface area contributed by atoms with Crippen LogP contribution in [0.4, 0.5) is 0 Å². The van der Waals surface area contributed by atoms with E-state index < -0.39 is 0 Å². The summed E-state index contributed by atoms with van der Waals surface area (Å²) in [5.41, 5.74) is 8.47. The number of H-pyrrole nitrogens is 1. The van der Waals surface area contributed by atoms with Crippen molar-refractivity contribution in [3.8, 4) is 0 Å². The second kappa shape index (κ2) is 4.87. The molecule has 0 saturated heterocycles. The predicted molar refractivity (Wildman–Crippen MR) is 103 cm³/mol. The summed E-state index contributed by atoms with van der Waals surface area (Å²) in [6.07, 6.45) is 0. The molecule has 3 rings (SSSR count). The fourth-order valence-electron chi connectivity index (χ4n) is 4.18. The summed E-state index contributed by atoms with van der Waals surface area (Å²) in [5, 5.41) is 2.70. The molecule has 0 amide bonds. The van der Waals surface area contributed by atoms with Gasteiger partial charge in [0.05, 0.1) is 11.0 Å². The van der Waals surface area contributed by atoms with E-state index in [9.17, 15) is 0 Å². The number of nitrogens with one attached hydrogen (secondary N) is 1. The highest BCUT2D eigenvalue weighted by Gasteiger charge is 2.25. The first-order chi connectivity index (χ1) is 10.5. The van der Waals surface area contributed by atoms with Gasteiger partial charge in [-0.15, -0.1) is 0 Å². The van der Waals surface area contributed by atoms with Gasteiger partial charge in [-0.3, -0.25) is 0 Å². The molecule has 0 saturated carbocycles. The predicted octanol–water partition coefficient (Wildman–Crippen LogP) is 6.53. The normalized spacial score (nSPS) is 13.2. The van der Waals surface area contributed by atoms with Crippen LogP contribution in [0, 0.1) is 13.8 Å². The molecule has 2 aromatic carbocycles. The van der Waals surface area contributed by atoms with Gasteiger partial charge in [0.25, 0.3) is 0 Å². The maximum Gasteiger partial charge on any atom is 0.0505 e. The molecule has 0 radical (unpaired) electrons. The van der Waals surface area contributed by atoms with Gasteiger partial charge >= 0.3 is 0 Å². The second-order valence-corrected chi connectivity index (χ2v) is 8.99. The van der Waals surface area contributed by atoms with Crippen LogP contribution in [0.25, 0.3) is 21.8 Å². The number of aryl methyl sites for hydroxylation is 2. The molecule has 0 unspecified atom stereocenters. The van der Waals surface area contributed by atoms with E-state index in [1.54, 1.807) is 0 Å². The summed E-state index contributed by atoms with van der Waals surface area (Å²) in [7, 11) is 0. The van der Waals surface area contributed by atoms with Gasteiger partial charge < -0.3 is 4.98 Å². The zero-order chi connectivity index (χ0) is 17.2. The maximum atomic E-state index is 3.81. The Morgan fingerprint density at radius 2 is 0.957 bits per heavy atom. The zero-order valence-electron chi connectivity index (χ0n) is 15.8. The van der Waals surface area contributed by atoms with Crippen LogP contribution in [0.1, 0.15) is 63.8 Å². The summed E-state index contributed by atoms with van der Waals surface area (Å²) in [6, 6.07) is 9.10. The lowest BCUT2D eigenvalue weighted by Gasteiger charge is -2.23. The summed E-state index contributed by atoms with van der Waals surface area (Å²) in [5.74, 6) is 0. The number of aromatic nitrogens is 1. The summed E-state index contributed by atoms with van der Waals surface area (Å²) >= 11 is 0. The Kier molecular flexibility index (Phi) is 3.41. The Morgan fingerprint density at radius 3 is 1.26 bits per heavy atom. The van der Waals surface area contributed by atoms with E-state index in [1.807, 2.05) is 0 Å². The van der Waals surface area contributed by atoms with E-state index in [1.165, 1.54) is 44.1 Å². The fraction of sp³-hybridized carbons (Fsp3) is 0.455. The van der Waals surface area contributed by atoms with Crippen LogP contribution in [-0.2, 0) is 10.8 Å². The first kappa shape index (κ1) is 16.1. The molecule has 1 heteroatoms. The van der Waals surface area contributed by atoms with Gasteiger partial charge in [0.1, 0.15) is 0 Å². The molecule has 0 spiro atoms. The maximum absolute atomic E-state index is 3.81. The standard InChI is InChI=1S/C22H29N/c1-13-9-11-15-16-12-10-14(2)18(22(6,7)8)20(16)23-19(15)17(13)21(3,4)5/h9-12,23H,1-8H3. The van der Waals surface area contributed by atoms with Gasteiger partial charge in [-0.1, -0.05) is 65.8 Å². The minimum Gasteiger partial charge on any atom is -0.354 e. The molecular formula is C22H29N. The van der Waals surface area contributed by atoms with Gasteiger partial charge in [0.2, 0.25) is 0 Å². The SMILES string of the molecule is Cc1ccc2c([nH]c3c(C(C)(C)C)c(C)ccc32)c1C(C)(C)C. The van der Waals surface area contributed by atoms with Crippen molar-refractivity contribution in [2.45, 2.75) is 66.2 Å². The van der Waals surface area contributed by atoms with Crippen molar-refractivity contribution < 1.29 is 0 Å². The molecule has 0 bridgehead atoms. The van der Waals surface area contributed by atoms with Crippen molar-refractivity contribution in [2.24, 2.45) is 0 Å². The van der Waals surface area contributed by atoms with Crippen LogP contribution in [0.15, 0.2) is 24.3 Å². The van der Waals surface area contributed by atoms with E-state index >= 15 is 0 Å². The first-order valence-corrected chi connectivity index (χ1v) is 8.57. The third-order valence-electron chi connectivity index (χ3n) is 4.87. The van der Waals surface area contributed by atoms with Crippen molar-refractivity contribution in [1.82, 2.24) is 4.98 Å². The van der Waals surface area contributed by atoms with Crippen molar-refractivity contribution >= 4 is 21.8 Å². The van der Waals surface area contributed by atoms with Crippen LogP contribution in [0.3, 0.4) is 0 Å². The van der Waals surface area contributed by atoms with Crippen LogP contribution < -0.4 is 0 Å². The van der Waals surface area contributed by atoms with E-state index in [-0.39, 0.29) is 10.8 Å². The van der Waals surface area contributed by atoms with Crippen LogP contribution in [0.5, 0.6) is 0 Å². The number of aromatic amines is 1. The van der Waals surface area contributed by atoms with Crippen molar-refractivity contribution in [3.63, 3.8) is 0 Å². The highest BCUT2D eigenvalue weighted by molar-refractivity contribution is 6.10. The first-order valence-electron chi connectivity index (χ1n) is 8.57. The van der Waals surface area contributed by atoms with Crippen LogP contribution in [-0.4, -0.2) is 4.98 Å². The smallest absolute Gasteiger partial charge is 0.0505 e. The Morgan fingerprint density at radius 1 is 0.609 bits per heavy atom. The number of fused-ring (bicyclic) bond motifs is 3. The number of hydrogen-bond donors (Lipinski definition) is 1. The molecule has 0 atom stereocenters. The quantitative estimate of drug-likeness (QED) is 0.486. The molecule has 122 valence electrons. The average molecular weight is 307 g/mol. The summed E-state index contributed by atoms with van der Waals surface area (Å²) < 4.78 is 0. The Bertz CT molecular complexity index is 821. The van der Waals surface area contributed by atoms with Gasteiger partial charge in [-0.25, -0.2) is 0 Å². The molecule has 23 heavy (non-hydrogen) atoms. The van der Waals surface area contributed by atoms with Crippen LogP contribution in [0.2, 0.25) is 0 Å². The lowest BCUT2D eigenvalue weighted by molar-refractivity contribution is 0.589. The van der Waals surface area contributed by atoms with Crippen molar-refractivity contribution in [1.29, 1.82) is 0 Å². The van der Waals surface area contributed by atoms with Gasteiger partial charge in [0, 0.05) is 10.8 Å². The molecular weight excluding hydrogens is 278 g/mol. The highest BCUT2D eigenvalue weighted by atomic mass is 14.7. The summed E-state index contributed by atoms with van der Waals surface area (Å²) in [4.78, 5) is 3.81. The van der Waals surface area contributed by atoms with Gasteiger partial charge in [0.15, 0.2) is 0 Å². The topological polar surface area (TPSA) is 15.8 Å². The molecule has 3 aromatic rings. The number of benzene rings is 2.